The molecule has 0 aromatic heterocycles. The van der Waals surface area contributed by atoms with Crippen molar-refractivity contribution in [2.24, 2.45) is 0 Å². The zero-order valence-electron chi connectivity index (χ0n) is 13.9. The number of allylic oxidation sites excluding steroid dienone is 5. The van der Waals surface area contributed by atoms with Crippen molar-refractivity contribution < 1.29 is 0 Å². The second kappa shape index (κ2) is 6.12. The molecule has 3 rings (SSSR count). The monoisotopic (exact) mass is 412 g/mol. The van der Waals surface area contributed by atoms with Crippen LogP contribution in [0.3, 0.4) is 0 Å². The van der Waals surface area contributed by atoms with Crippen molar-refractivity contribution in [1.82, 2.24) is 0 Å². The fourth-order valence-corrected chi connectivity index (χ4v) is 3.60. The highest BCUT2D eigenvalue weighted by Gasteiger charge is 2.35. The van der Waals surface area contributed by atoms with E-state index in [4.69, 9.17) is 0 Å². The molecule has 0 spiro atoms. The van der Waals surface area contributed by atoms with E-state index in [0.717, 1.165) is 3.58 Å². The Balaban J connectivity index is 2.12. The summed E-state index contributed by atoms with van der Waals surface area (Å²) in [6, 6.07) is 15.6. The van der Waals surface area contributed by atoms with Crippen molar-refractivity contribution in [3.05, 3.63) is 87.5 Å². The minimum atomic E-state index is 0.0529. The Morgan fingerprint density at radius 1 is 1.00 bits per heavy atom. The van der Waals surface area contributed by atoms with Crippen molar-refractivity contribution in [1.29, 1.82) is 0 Å². The molecule has 23 heavy (non-hydrogen) atoms. The molecule has 1 aliphatic carbocycles. The minimum Gasteiger partial charge on any atom is -0.0856 e. The first-order chi connectivity index (χ1) is 10.9. The molecule has 0 fully saturated rings. The lowest BCUT2D eigenvalue weighted by atomic mass is 9.81. The molecule has 0 atom stereocenters. The summed E-state index contributed by atoms with van der Waals surface area (Å²) in [5.41, 5.74) is 8.13. The van der Waals surface area contributed by atoms with Crippen LogP contribution in [0.25, 0.3) is 16.7 Å². The van der Waals surface area contributed by atoms with Crippen LogP contribution >= 0.6 is 22.6 Å². The summed E-state index contributed by atoms with van der Waals surface area (Å²) in [4.78, 5) is 0. The maximum Gasteiger partial charge on any atom is 0.0159 e. The van der Waals surface area contributed by atoms with Gasteiger partial charge < -0.3 is 0 Å². The van der Waals surface area contributed by atoms with Crippen LogP contribution in [0.15, 0.2) is 70.9 Å². The molecule has 0 nitrogen and oxygen atoms in total. The van der Waals surface area contributed by atoms with Gasteiger partial charge in [-0.3, -0.25) is 0 Å². The molecule has 0 N–H and O–H groups in total. The number of rotatable bonds is 3. The fraction of sp³-hybridized carbons (Fsp3) is 0.182. The third-order valence-corrected chi connectivity index (χ3v) is 5.03. The highest BCUT2D eigenvalue weighted by molar-refractivity contribution is 14.1. The maximum atomic E-state index is 3.94. The third-order valence-electron chi connectivity index (χ3n) is 4.67. The lowest BCUT2D eigenvalue weighted by molar-refractivity contribution is 0.660. The van der Waals surface area contributed by atoms with E-state index in [-0.39, 0.29) is 5.41 Å². The van der Waals surface area contributed by atoms with E-state index in [2.05, 4.69) is 111 Å². The smallest absolute Gasteiger partial charge is 0.0159 e. The lowest BCUT2D eigenvalue weighted by Crippen LogP contribution is -2.15. The van der Waals surface area contributed by atoms with E-state index in [1.54, 1.807) is 0 Å². The predicted molar refractivity (Wildman–Crippen MR) is 110 cm³/mol. The van der Waals surface area contributed by atoms with Crippen molar-refractivity contribution >= 4 is 28.2 Å². The highest BCUT2D eigenvalue weighted by Crippen LogP contribution is 2.49. The second-order valence-corrected chi connectivity index (χ2v) is 7.84. The van der Waals surface area contributed by atoms with Gasteiger partial charge >= 0.3 is 0 Å². The Bertz CT molecular complexity index is 835. The van der Waals surface area contributed by atoms with Gasteiger partial charge in [0.2, 0.25) is 0 Å². The molecule has 1 aliphatic rings. The van der Waals surface area contributed by atoms with Gasteiger partial charge in [0.05, 0.1) is 0 Å². The van der Waals surface area contributed by atoms with Gasteiger partial charge in [0.1, 0.15) is 0 Å². The summed E-state index contributed by atoms with van der Waals surface area (Å²) in [7, 11) is 0. The molecule has 0 amide bonds. The first kappa shape index (κ1) is 16.3. The van der Waals surface area contributed by atoms with E-state index < -0.39 is 0 Å². The summed E-state index contributed by atoms with van der Waals surface area (Å²) in [5, 5.41) is 0. The molecule has 0 bridgehead atoms. The molecular formula is C22H21I. The first-order valence-corrected chi connectivity index (χ1v) is 8.96. The number of hydrogen-bond donors (Lipinski definition) is 0. The Kier molecular flexibility index (Phi) is 4.33. The summed E-state index contributed by atoms with van der Waals surface area (Å²) in [5.74, 6) is 0. The number of fused-ring (bicyclic) bond motifs is 3. The molecule has 0 unspecified atom stereocenters. The van der Waals surface area contributed by atoms with Crippen molar-refractivity contribution in [3.63, 3.8) is 0 Å². The summed E-state index contributed by atoms with van der Waals surface area (Å²) in [6.07, 6.45) is 6.36. The molecule has 1 heteroatoms. The van der Waals surface area contributed by atoms with E-state index >= 15 is 0 Å². The van der Waals surface area contributed by atoms with Crippen LogP contribution in [0.4, 0.5) is 0 Å². The Hall–Kier alpha value is -1.61. The molecule has 2 aromatic carbocycles. The van der Waals surface area contributed by atoms with Crippen LogP contribution in [-0.4, -0.2) is 0 Å². The van der Waals surface area contributed by atoms with E-state index in [1.165, 1.54) is 33.4 Å². The SMILES string of the molecule is C=C(I)/C=C\C(=C/C)c1ccc2c(c1)C(C)(C)c1ccccc1-2. The quantitative estimate of drug-likeness (QED) is 0.380. The summed E-state index contributed by atoms with van der Waals surface area (Å²) < 4.78 is 1.04. The maximum absolute atomic E-state index is 3.94. The molecule has 0 heterocycles. The third kappa shape index (κ3) is 2.83. The standard InChI is InChI=1S/C22H21I/c1-5-16(11-10-15(2)23)17-12-13-19-18-8-6-7-9-20(18)22(3,4)21(19)14-17/h5-14H,2H2,1,3-4H3/b11-10-,16-5+. The molecule has 0 saturated heterocycles. The van der Waals surface area contributed by atoms with Gasteiger partial charge in [-0.2, -0.15) is 0 Å². The molecule has 0 aliphatic heterocycles. The van der Waals surface area contributed by atoms with Gasteiger partial charge in [-0.25, -0.2) is 0 Å². The van der Waals surface area contributed by atoms with E-state index in [9.17, 15) is 0 Å². The average Bonchev–Trinajstić information content (AvgIpc) is 2.76. The zero-order chi connectivity index (χ0) is 16.6. The lowest BCUT2D eigenvalue weighted by Gasteiger charge is -2.22. The summed E-state index contributed by atoms with van der Waals surface area (Å²) >= 11 is 2.24. The van der Waals surface area contributed by atoms with Gasteiger partial charge in [-0.15, -0.1) is 0 Å². The first-order valence-electron chi connectivity index (χ1n) is 7.88. The van der Waals surface area contributed by atoms with Crippen LogP contribution in [0, 0.1) is 0 Å². The molecular weight excluding hydrogens is 391 g/mol. The van der Waals surface area contributed by atoms with Gasteiger partial charge in [0.25, 0.3) is 0 Å². The van der Waals surface area contributed by atoms with Crippen LogP contribution in [0.5, 0.6) is 0 Å². The summed E-state index contributed by atoms with van der Waals surface area (Å²) in [6.45, 7) is 10.7. The second-order valence-electron chi connectivity index (χ2n) is 6.46. The Labute approximate surface area is 152 Å². The molecule has 116 valence electrons. The van der Waals surface area contributed by atoms with Crippen LogP contribution < -0.4 is 0 Å². The van der Waals surface area contributed by atoms with E-state index in [1.807, 2.05) is 0 Å². The van der Waals surface area contributed by atoms with Crippen molar-refractivity contribution in [2.75, 3.05) is 0 Å². The normalized spacial score (nSPS) is 15.6. The van der Waals surface area contributed by atoms with Gasteiger partial charge in [0.15, 0.2) is 0 Å². The van der Waals surface area contributed by atoms with Crippen LogP contribution in [0.1, 0.15) is 37.5 Å². The molecule has 2 aromatic rings. The Morgan fingerprint density at radius 2 is 1.70 bits per heavy atom. The average molecular weight is 412 g/mol. The minimum absolute atomic E-state index is 0.0529. The zero-order valence-corrected chi connectivity index (χ0v) is 16.0. The predicted octanol–water partition coefficient (Wildman–Crippen LogP) is 6.90. The van der Waals surface area contributed by atoms with Gasteiger partial charge in [-0.05, 0) is 75.0 Å². The molecule has 0 saturated carbocycles. The van der Waals surface area contributed by atoms with Crippen LogP contribution in [0.2, 0.25) is 0 Å². The Morgan fingerprint density at radius 3 is 2.39 bits per heavy atom. The number of benzene rings is 2. The van der Waals surface area contributed by atoms with Crippen molar-refractivity contribution in [3.8, 4) is 11.1 Å². The van der Waals surface area contributed by atoms with Gasteiger partial charge in [-0.1, -0.05) is 69.0 Å². The highest BCUT2D eigenvalue weighted by atomic mass is 127. The largest absolute Gasteiger partial charge is 0.0856 e. The van der Waals surface area contributed by atoms with Gasteiger partial charge in [0, 0.05) is 8.99 Å². The number of hydrogen-bond acceptors (Lipinski definition) is 0. The number of halogens is 1. The fourth-order valence-electron chi connectivity index (χ4n) is 3.42. The van der Waals surface area contributed by atoms with Crippen LogP contribution in [-0.2, 0) is 5.41 Å². The molecule has 0 radical (unpaired) electrons. The van der Waals surface area contributed by atoms with Crippen molar-refractivity contribution in [2.45, 2.75) is 26.2 Å². The topological polar surface area (TPSA) is 0 Å². The van der Waals surface area contributed by atoms with E-state index in [0.29, 0.717) is 0 Å².